The van der Waals surface area contributed by atoms with Crippen LogP contribution in [0.2, 0.25) is 0 Å². The van der Waals surface area contributed by atoms with Crippen LogP contribution in [0.15, 0.2) is 23.1 Å². The number of carbonyl (C=O) groups excluding carboxylic acids is 2. The van der Waals surface area contributed by atoms with Crippen molar-refractivity contribution in [2.45, 2.75) is 13.8 Å². The maximum atomic E-state index is 11.7. The number of carbonyl (C=O) groups is 2. The van der Waals surface area contributed by atoms with Gasteiger partial charge in [-0.2, -0.15) is 0 Å². The van der Waals surface area contributed by atoms with Gasteiger partial charge in [0.1, 0.15) is 0 Å². The van der Waals surface area contributed by atoms with E-state index in [9.17, 15) is 9.59 Å². The van der Waals surface area contributed by atoms with Crippen LogP contribution in [0.1, 0.15) is 18.7 Å². The lowest BCUT2D eigenvalue weighted by atomic mass is 10.2. The number of thiophene rings is 1. The summed E-state index contributed by atoms with van der Waals surface area (Å²) in [6.45, 7) is 3.64. The van der Waals surface area contributed by atoms with E-state index in [1.807, 2.05) is 0 Å². The monoisotopic (exact) mass is 269 g/mol. The normalized spacial score (nSPS) is 9.67. The molecule has 0 atom stereocenters. The van der Waals surface area contributed by atoms with Gasteiger partial charge in [0.25, 0.3) is 0 Å². The zero-order valence-corrected chi connectivity index (χ0v) is 11.1. The van der Waals surface area contributed by atoms with Crippen molar-refractivity contribution in [3.8, 4) is 0 Å². The van der Waals surface area contributed by atoms with Gasteiger partial charge in [-0.1, -0.05) is 6.07 Å². The average Bonchev–Trinajstić information content (AvgIpc) is 2.83. The SMILES string of the molecule is CCOC(=O)C(C(=O)OCC)=C(N)c1cccs1. The molecule has 0 saturated heterocycles. The minimum absolute atomic E-state index is 0.0851. The minimum Gasteiger partial charge on any atom is -0.462 e. The van der Waals surface area contributed by atoms with E-state index in [0.717, 1.165) is 0 Å². The molecule has 0 unspecified atom stereocenters. The highest BCUT2D eigenvalue weighted by molar-refractivity contribution is 7.11. The maximum Gasteiger partial charge on any atom is 0.347 e. The summed E-state index contributed by atoms with van der Waals surface area (Å²) in [7, 11) is 0. The summed E-state index contributed by atoms with van der Waals surface area (Å²) in [5.41, 5.74) is 5.67. The summed E-state index contributed by atoms with van der Waals surface area (Å²) < 4.78 is 9.64. The van der Waals surface area contributed by atoms with E-state index in [1.165, 1.54) is 11.3 Å². The first-order valence-electron chi connectivity index (χ1n) is 5.49. The lowest BCUT2D eigenvalue weighted by Crippen LogP contribution is -2.22. The summed E-state index contributed by atoms with van der Waals surface area (Å²) in [5.74, 6) is -1.52. The molecular weight excluding hydrogens is 254 g/mol. The molecule has 0 aromatic carbocycles. The van der Waals surface area contributed by atoms with E-state index in [2.05, 4.69) is 0 Å². The van der Waals surface area contributed by atoms with Crippen molar-refractivity contribution >= 4 is 29.0 Å². The molecule has 0 radical (unpaired) electrons. The molecule has 18 heavy (non-hydrogen) atoms. The lowest BCUT2D eigenvalue weighted by molar-refractivity contribution is -0.146. The van der Waals surface area contributed by atoms with Gasteiger partial charge in [-0.25, -0.2) is 9.59 Å². The topological polar surface area (TPSA) is 78.6 Å². The molecule has 0 aliphatic rings. The first kappa shape index (κ1) is 14.2. The van der Waals surface area contributed by atoms with Crippen LogP contribution in [0.3, 0.4) is 0 Å². The van der Waals surface area contributed by atoms with Crippen LogP contribution in [0, 0.1) is 0 Å². The van der Waals surface area contributed by atoms with Crippen LogP contribution in [-0.4, -0.2) is 25.2 Å². The fourth-order valence-electron chi connectivity index (χ4n) is 1.26. The van der Waals surface area contributed by atoms with E-state index in [0.29, 0.717) is 4.88 Å². The highest BCUT2D eigenvalue weighted by Gasteiger charge is 2.25. The third kappa shape index (κ3) is 3.33. The van der Waals surface area contributed by atoms with Gasteiger partial charge < -0.3 is 15.2 Å². The molecule has 5 nitrogen and oxygen atoms in total. The molecular formula is C12H15NO4S. The van der Waals surface area contributed by atoms with Gasteiger partial charge >= 0.3 is 11.9 Å². The number of nitrogens with two attached hydrogens (primary N) is 1. The minimum atomic E-state index is -0.762. The molecule has 0 bridgehead atoms. The second-order valence-electron chi connectivity index (χ2n) is 3.21. The molecule has 2 N–H and O–H groups in total. The van der Waals surface area contributed by atoms with Crippen molar-refractivity contribution in [3.63, 3.8) is 0 Å². The van der Waals surface area contributed by atoms with E-state index >= 15 is 0 Å². The predicted octanol–water partition coefficient (Wildman–Crippen LogP) is 1.54. The second-order valence-corrected chi connectivity index (χ2v) is 4.15. The summed E-state index contributed by atoms with van der Waals surface area (Å²) >= 11 is 1.33. The quantitative estimate of drug-likeness (QED) is 0.380. The number of hydrogen-bond acceptors (Lipinski definition) is 6. The van der Waals surface area contributed by atoms with Crippen molar-refractivity contribution < 1.29 is 19.1 Å². The molecule has 98 valence electrons. The Kier molecular flexibility index (Phi) is 5.38. The van der Waals surface area contributed by atoms with E-state index < -0.39 is 11.9 Å². The van der Waals surface area contributed by atoms with Gasteiger partial charge in [0.15, 0.2) is 5.57 Å². The van der Waals surface area contributed by atoms with Crippen LogP contribution in [0.25, 0.3) is 5.70 Å². The Balaban J connectivity index is 3.14. The van der Waals surface area contributed by atoms with Gasteiger partial charge in [-0.05, 0) is 25.3 Å². The number of hydrogen-bond donors (Lipinski definition) is 1. The Hall–Kier alpha value is -1.82. The molecule has 0 spiro atoms. The Morgan fingerprint density at radius 1 is 1.22 bits per heavy atom. The molecule has 0 aliphatic heterocycles. The first-order chi connectivity index (χ1) is 8.61. The molecule has 1 rings (SSSR count). The maximum absolute atomic E-state index is 11.7. The molecule has 0 saturated carbocycles. The van der Waals surface area contributed by atoms with E-state index in [1.54, 1.807) is 31.4 Å². The first-order valence-corrected chi connectivity index (χ1v) is 6.37. The zero-order chi connectivity index (χ0) is 13.5. The van der Waals surface area contributed by atoms with Gasteiger partial charge in [0.05, 0.1) is 23.8 Å². The highest BCUT2D eigenvalue weighted by atomic mass is 32.1. The molecule has 1 heterocycles. The Bertz CT molecular complexity index is 431. The zero-order valence-electron chi connectivity index (χ0n) is 10.3. The summed E-state index contributed by atoms with van der Waals surface area (Å²) in [6, 6.07) is 3.50. The highest BCUT2D eigenvalue weighted by Crippen LogP contribution is 2.20. The van der Waals surface area contributed by atoms with E-state index in [4.69, 9.17) is 15.2 Å². The molecule has 1 aromatic heterocycles. The molecule has 1 aromatic rings. The van der Waals surface area contributed by atoms with Gasteiger partial charge in [-0.15, -0.1) is 11.3 Å². The lowest BCUT2D eigenvalue weighted by Gasteiger charge is -2.09. The van der Waals surface area contributed by atoms with Crippen LogP contribution < -0.4 is 5.73 Å². The van der Waals surface area contributed by atoms with Crippen LogP contribution in [-0.2, 0) is 19.1 Å². The van der Waals surface area contributed by atoms with Crippen LogP contribution in [0.4, 0.5) is 0 Å². The standard InChI is InChI=1S/C12H15NO4S/c1-3-16-11(14)9(12(15)17-4-2)10(13)8-6-5-7-18-8/h5-7H,3-4,13H2,1-2H3. The van der Waals surface area contributed by atoms with Crippen molar-refractivity contribution in [1.29, 1.82) is 0 Å². The van der Waals surface area contributed by atoms with Crippen molar-refractivity contribution in [3.05, 3.63) is 28.0 Å². The fourth-order valence-corrected chi connectivity index (χ4v) is 1.95. The predicted molar refractivity (Wildman–Crippen MR) is 68.7 cm³/mol. The summed E-state index contributed by atoms with van der Waals surface area (Å²) in [6.07, 6.45) is 0. The third-order valence-electron chi connectivity index (χ3n) is 2.02. The number of rotatable bonds is 5. The van der Waals surface area contributed by atoms with Gasteiger partial charge in [-0.3, -0.25) is 0 Å². The second kappa shape index (κ2) is 6.80. The Morgan fingerprint density at radius 2 is 1.78 bits per heavy atom. The van der Waals surface area contributed by atoms with Crippen molar-refractivity contribution in [2.24, 2.45) is 5.73 Å². The van der Waals surface area contributed by atoms with Gasteiger partial charge in [0, 0.05) is 0 Å². The largest absolute Gasteiger partial charge is 0.462 e. The molecule has 0 aliphatic carbocycles. The Labute approximate surface area is 109 Å². The summed E-state index contributed by atoms with van der Waals surface area (Å²) in [5, 5.41) is 1.80. The van der Waals surface area contributed by atoms with Gasteiger partial charge in [0.2, 0.25) is 0 Å². The third-order valence-corrected chi connectivity index (χ3v) is 2.92. The number of esters is 2. The Morgan fingerprint density at radius 3 is 2.17 bits per heavy atom. The van der Waals surface area contributed by atoms with Crippen LogP contribution in [0.5, 0.6) is 0 Å². The molecule has 0 fully saturated rings. The molecule has 0 amide bonds. The number of ether oxygens (including phenoxy) is 2. The van der Waals surface area contributed by atoms with E-state index in [-0.39, 0.29) is 24.5 Å². The summed E-state index contributed by atoms with van der Waals surface area (Å²) in [4.78, 5) is 24.1. The van der Waals surface area contributed by atoms with Crippen molar-refractivity contribution in [1.82, 2.24) is 0 Å². The van der Waals surface area contributed by atoms with Crippen LogP contribution >= 0.6 is 11.3 Å². The fraction of sp³-hybridized carbons (Fsp3) is 0.333. The van der Waals surface area contributed by atoms with Crippen molar-refractivity contribution in [2.75, 3.05) is 13.2 Å². The molecule has 6 heteroatoms. The average molecular weight is 269 g/mol. The smallest absolute Gasteiger partial charge is 0.347 e.